The van der Waals surface area contributed by atoms with Crippen LogP contribution in [0.2, 0.25) is 0 Å². The van der Waals surface area contributed by atoms with Gasteiger partial charge in [-0.1, -0.05) is 276 Å². The van der Waals surface area contributed by atoms with Crippen LogP contribution in [0.1, 0.15) is 323 Å². The molecule has 0 aromatic heterocycles. The van der Waals surface area contributed by atoms with Gasteiger partial charge in [0.15, 0.2) is 12.2 Å². The Balaban J connectivity index is 5.41. The highest BCUT2D eigenvalue weighted by Gasteiger charge is 2.30. The van der Waals surface area contributed by atoms with Crippen LogP contribution in [0.5, 0.6) is 0 Å². The number of carbonyl (C=O) groups is 4. The molecule has 0 aliphatic carbocycles. The van der Waals surface area contributed by atoms with Gasteiger partial charge in [0.05, 0.1) is 26.4 Å². The maximum atomic E-state index is 13.1. The molecule has 0 saturated carbocycles. The van der Waals surface area contributed by atoms with Gasteiger partial charge in [0.25, 0.3) is 0 Å². The normalized spacial score (nSPS) is 14.6. The van der Waals surface area contributed by atoms with Crippen LogP contribution in [0, 0.1) is 0 Å². The van der Waals surface area contributed by atoms with E-state index in [2.05, 4.69) is 174 Å². The minimum absolute atomic E-state index is 0.0670. The van der Waals surface area contributed by atoms with E-state index < -0.39 is 97.5 Å². The van der Waals surface area contributed by atoms with Crippen molar-refractivity contribution in [3.63, 3.8) is 0 Å². The number of hydrogen-bond donors (Lipinski definition) is 3. The Labute approximate surface area is 643 Å². The quantitative estimate of drug-likeness (QED) is 0.0169. The van der Waals surface area contributed by atoms with Crippen molar-refractivity contribution in [2.24, 2.45) is 0 Å². The van der Waals surface area contributed by atoms with Crippen molar-refractivity contribution in [3.05, 3.63) is 146 Å². The van der Waals surface area contributed by atoms with Crippen molar-refractivity contribution >= 4 is 39.5 Å². The van der Waals surface area contributed by atoms with Gasteiger partial charge in [-0.25, -0.2) is 9.13 Å². The van der Waals surface area contributed by atoms with E-state index in [4.69, 9.17) is 37.0 Å². The predicted molar refractivity (Wildman–Crippen MR) is 436 cm³/mol. The molecule has 19 heteroatoms. The monoisotopic (exact) mass is 1530 g/mol. The SMILES string of the molecule is CC/C=C\C/C=C\C/C=C\C/C=C\C/C=C\CCCCCC(=O)OCC(COP(=O)(O)OCC(O)COP(=O)(O)OCC(COC(=O)CCCCCCCC/C=C\C/C=C\C/C=C\CCCCC)OC(=O)CCCCCCC/C=C\C/C=C\CCC)OC(=O)CCCCCCC/C=C\C/C=C\CCCCC. The first kappa shape index (κ1) is 101. The minimum Gasteiger partial charge on any atom is -0.462 e. The van der Waals surface area contributed by atoms with E-state index in [1.54, 1.807) is 0 Å². The molecule has 0 radical (unpaired) electrons. The molecule has 3 N–H and O–H groups in total. The first-order valence-electron chi connectivity index (χ1n) is 41.1. The molecule has 0 aliphatic rings. The Hall–Kier alpha value is -5.06. The van der Waals surface area contributed by atoms with Crippen molar-refractivity contribution < 1.29 is 80.2 Å². The molecule has 5 unspecified atom stereocenters. The van der Waals surface area contributed by atoms with E-state index >= 15 is 0 Å². The molecule has 0 fully saturated rings. The van der Waals surface area contributed by atoms with Crippen LogP contribution in [0.4, 0.5) is 0 Å². The second kappa shape index (κ2) is 78.1. The van der Waals surface area contributed by atoms with Crippen LogP contribution in [-0.2, 0) is 65.4 Å². The van der Waals surface area contributed by atoms with Crippen LogP contribution >= 0.6 is 15.6 Å². The van der Waals surface area contributed by atoms with Crippen LogP contribution < -0.4 is 0 Å². The Morgan fingerprint density at radius 3 is 0.802 bits per heavy atom. The lowest BCUT2D eigenvalue weighted by atomic mass is 10.1. The van der Waals surface area contributed by atoms with Crippen molar-refractivity contribution in [1.82, 2.24) is 0 Å². The van der Waals surface area contributed by atoms with Gasteiger partial charge < -0.3 is 33.8 Å². The average molecular weight is 1530 g/mol. The molecule has 0 aromatic rings. The van der Waals surface area contributed by atoms with E-state index in [-0.39, 0.29) is 25.7 Å². The van der Waals surface area contributed by atoms with Gasteiger partial charge >= 0.3 is 39.5 Å². The van der Waals surface area contributed by atoms with Crippen molar-refractivity contribution in [3.8, 4) is 0 Å². The number of rotatable bonds is 76. The van der Waals surface area contributed by atoms with Gasteiger partial charge in [0.1, 0.15) is 19.3 Å². The van der Waals surface area contributed by atoms with Gasteiger partial charge in [0, 0.05) is 25.7 Å². The number of hydrogen-bond acceptors (Lipinski definition) is 15. The van der Waals surface area contributed by atoms with E-state index in [1.165, 1.54) is 38.5 Å². The largest absolute Gasteiger partial charge is 0.472 e. The predicted octanol–water partition coefficient (Wildman–Crippen LogP) is 24.2. The Kier molecular flexibility index (Phi) is 74.3. The number of aliphatic hydroxyl groups is 1. The Morgan fingerprint density at radius 1 is 0.274 bits per heavy atom. The molecule has 0 amide bonds. The fourth-order valence-corrected chi connectivity index (χ4v) is 12.1. The molecule has 17 nitrogen and oxygen atoms in total. The lowest BCUT2D eigenvalue weighted by Crippen LogP contribution is -2.30. The second-order valence-corrected chi connectivity index (χ2v) is 29.9. The number of allylic oxidation sites excluding steroid dienone is 24. The molecule has 106 heavy (non-hydrogen) atoms. The number of esters is 4. The third-order valence-electron chi connectivity index (χ3n) is 16.7. The standard InChI is InChI=1S/C87H146O17P2/c1-5-9-13-17-21-25-29-33-36-38-40-42-45-48-51-55-59-63-67-71-84(89)97-77-82(103-86(91)73-69-65-61-57-53-47-32-28-24-20-16-12-8-4)79-101-105(93,94)99-75-81(88)76-100-106(95,96)102-80-83(104-87(92)74-70-66-62-58-54-50-44-35-31-27-23-19-15-11-7-3)78-98-85(90)72-68-64-60-56-52-49-46-43-41-39-37-34-30-26-22-18-14-10-6-2/h10,14,16,20-23,25-28,32-37,40-44,49,52,81-83,88H,5-9,11-13,15,17-19,24,29-31,38-39,45-48,50-51,53-80H2,1-4H3,(H,93,94)(H,95,96)/b14-10-,20-16-,25-21-,26-22-,27-23-,32-28-,36-33-,37-34-,42-40-,43-41-,44-35-,52-49-. The number of aliphatic hydroxyl groups excluding tert-OH is 1. The van der Waals surface area contributed by atoms with Crippen LogP contribution in [0.15, 0.2) is 146 Å². The summed E-state index contributed by atoms with van der Waals surface area (Å²) in [6.45, 7) is 4.57. The highest BCUT2D eigenvalue weighted by molar-refractivity contribution is 7.47. The molecule has 0 rings (SSSR count). The lowest BCUT2D eigenvalue weighted by Gasteiger charge is -2.21. The van der Waals surface area contributed by atoms with Gasteiger partial charge in [-0.05, 0) is 167 Å². The summed E-state index contributed by atoms with van der Waals surface area (Å²) in [4.78, 5) is 73.1. The molecule has 0 spiro atoms. The molecule has 0 aromatic carbocycles. The van der Waals surface area contributed by atoms with E-state index in [0.717, 1.165) is 205 Å². The van der Waals surface area contributed by atoms with Crippen LogP contribution in [-0.4, -0.2) is 96.7 Å². The fraction of sp³-hybridized carbons (Fsp3) is 0.678. The number of phosphoric acid groups is 2. The van der Waals surface area contributed by atoms with Crippen LogP contribution in [0.3, 0.4) is 0 Å². The summed E-state index contributed by atoms with van der Waals surface area (Å²) >= 11 is 0. The molecule has 0 bridgehead atoms. The summed E-state index contributed by atoms with van der Waals surface area (Å²) in [6, 6.07) is 0. The third-order valence-corrected chi connectivity index (χ3v) is 18.6. The summed E-state index contributed by atoms with van der Waals surface area (Å²) in [7, 11) is -9.99. The molecule has 606 valence electrons. The Bertz CT molecular complexity index is 2580. The molecule has 0 aliphatic heterocycles. The fourth-order valence-electron chi connectivity index (χ4n) is 10.5. The summed E-state index contributed by atoms with van der Waals surface area (Å²) in [6.07, 6.45) is 89.6. The van der Waals surface area contributed by atoms with E-state index in [9.17, 15) is 43.2 Å². The summed E-state index contributed by atoms with van der Waals surface area (Å²) in [5, 5.41) is 10.7. The molecule has 5 atom stereocenters. The molecular weight excluding hydrogens is 1380 g/mol. The zero-order valence-corrected chi connectivity index (χ0v) is 68.1. The van der Waals surface area contributed by atoms with Gasteiger partial charge in [-0.3, -0.25) is 37.3 Å². The third kappa shape index (κ3) is 77.1. The zero-order valence-electron chi connectivity index (χ0n) is 66.3. The smallest absolute Gasteiger partial charge is 0.462 e. The maximum Gasteiger partial charge on any atom is 0.472 e. The number of unbranched alkanes of at least 4 members (excludes halogenated alkanes) is 26. The van der Waals surface area contributed by atoms with Crippen molar-refractivity contribution in [1.29, 1.82) is 0 Å². The summed E-state index contributed by atoms with van der Waals surface area (Å²) < 4.78 is 68.6. The summed E-state index contributed by atoms with van der Waals surface area (Å²) in [5.41, 5.74) is 0. The van der Waals surface area contributed by atoms with Crippen molar-refractivity contribution in [2.75, 3.05) is 39.6 Å². The maximum absolute atomic E-state index is 13.1. The van der Waals surface area contributed by atoms with Gasteiger partial charge in [-0.15, -0.1) is 0 Å². The average Bonchev–Trinajstić information content (AvgIpc) is 0.933. The number of carbonyl (C=O) groups excluding carboxylic acids is 4. The molecule has 0 heterocycles. The second-order valence-electron chi connectivity index (χ2n) is 27.0. The van der Waals surface area contributed by atoms with E-state index in [1.807, 2.05) is 0 Å². The summed E-state index contributed by atoms with van der Waals surface area (Å²) in [5.74, 6) is -2.26. The van der Waals surface area contributed by atoms with Gasteiger partial charge in [-0.2, -0.15) is 0 Å². The minimum atomic E-state index is -5.00. The van der Waals surface area contributed by atoms with Crippen LogP contribution in [0.25, 0.3) is 0 Å². The van der Waals surface area contributed by atoms with E-state index in [0.29, 0.717) is 25.7 Å². The zero-order chi connectivity index (χ0) is 77.4. The molecule has 0 saturated heterocycles. The van der Waals surface area contributed by atoms with Crippen molar-refractivity contribution in [2.45, 2.75) is 341 Å². The highest BCUT2D eigenvalue weighted by Crippen LogP contribution is 2.45. The lowest BCUT2D eigenvalue weighted by molar-refractivity contribution is -0.161. The first-order chi connectivity index (χ1) is 51.7. The molecular formula is C87H146O17P2. The highest BCUT2D eigenvalue weighted by atomic mass is 31.2. The number of phosphoric ester groups is 2. The number of ether oxygens (including phenoxy) is 4. The van der Waals surface area contributed by atoms with Gasteiger partial charge in [0.2, 0.25) is 0 Å². The first-order valence-corrected chi connectivity index (χ1v) is 44.1. The Morgan fingerprint density at radius 2 is 0.509 bits per heavy atom. The topological polar surface area (TPSA) is 237 Å².